The Morgan fingerprint density at radius 1 is 1.71 bits per heavy atom. The molecule has 0 aromatic carbocycles. The molecule has 6 heteroatoms. The highest BCUT2D eigenvalue weighted by atomic mass is 79.9. The van der Waals surface area contributed by atoms with Crippen molar-refractivity contribution in [1.82, 2.24) is 5.32 Å². The van der Waals surface area contributed by atoms with E-state index in [9.17, 15) is 0 Å². The zero-order valence-corrected chi connectivity index (χ0v) is 11.0. The van der Waals surface area contributed by atoms with Crippen LogP contribution in [0.1, 0.15) is 13.8 Å². The van der Waals surface area contributed by atoms with E-state index in [4.69, 9.17) is 4.84 Å². The fourth-order valence-electron chi connectivity index (χ4n) is 0.847. The maximum atomic E-state index is 4.92. The molecule has 0 aromatic heterocycles. The number of hydrogen-bond acceptors (Lipinski definition) is 5. The first-order valence-corrected chi connectivity index (χ1v) is 5.38. The van der Waals surface area contributed by atoms with E-state index in [1.54, 1.807) is 11.8 Å². The number of hydrogen-bond donors (Lipinski definition) is 1. The zero-order chi connectivity index (χ0) is 9.52. The van der Waals surface area contributed by atoms with E-state index >= 15 is 0 Å². The minimum atomic E-state index is 0. The Kier molecular flexibility index (Phi) is 7.98. The third-order valence-corrected chi connectivity index (χ3v) is 2.52. The molecule has 1 rings (SSSR count). The second-order valence-corrected chi connectivity index (χ2v) is 3.61. The predicted molar refractivity (Wildman–Crippen MR) is 67.8 cm³/mol. The Bertz CT molecular complexity index is 221. The van der Waals surface area contributed by atoms with Gasteiger partial charge in [-0.1, -0.05) is 16.9 Å². The van der Waals surface area contributed by atoms with Crippen molar-refractivity contribution in [3.05, 3.63) is 0 Å². The molecule has 0 bridgehead atoms. The van der Waals surface area contributed by atoms with E-state index in [2.05, 4.69) is 15.5 Å². The summed E-state index contributed by atoms with van der Waals surface area (Å²) in [6.45, 7) is 6.36. The number of aliphatic imine (C=N–C) groups is 1. The van der Waals surface area contributed by atoms with Gasteiger partial charge in [0, 0.05) is 12.3 Å². The minimum absolute atomic E-state index is 0. The number of halogens is 1. The summed E-state index contributed by atoms with van der Waals surface area (Å²) in [5.74, 6) is 0.839. The Labute approximate surface area is 99.3 Å². The van der Waals surface area contributed by atoms with Crippen LogP contribution in [0.25, 0.3) is 0 Å². The number of nitrogens with one attached hydrogen (secondary N) is 1. The van der Waals surface area contributed by atoms with Crippen LogP contribution in [0.2, 0.25) is 0 Å². The van der Waals surface area contributed by atoms with Gasteiger partial charge in [-0.3, -0.25) is 4.99 Å². The molecule has 0 aromatic rings. The van der Waals surface area contributed by atoms with Gasteiger partial charge in [0.25, 0.3) is 0 Å². The second kappa shape index (κ2) is 8.11. The summed E-state index contributed by atoms with van der Waals surface area (Å²) >= 11 is 1.67. The molecule has 1 aliphatic heterocycles. The fourth-order valence-corrected chi connectivity index (χ4v) is 1.63. The van der Waals surface area contributed by atoms with Gasteiger partial charge in [0.05, 0.1) is 12.3 Å². The summed E-state index contributed by atoms with van der Waals surface area (Å²) in [7, 11) is 0. The van der Waals surface area contributed by atoms with Crippen molar-refractivity contribution in [2.45, 2.75) is 13.8 Å². The molecule has 1 N–H and O–H groups in total. The highest BCUT2D eigenvalue weighted by molar-refractivity contribution is 8.93. The van der Waals surface area contributed by atoms with Gasteiger partial charge < -0.3 is 10.2 Å². The van der Waals surface area contributed by atoms with Crippen LogP contribution >= 0.6 is 28.7 Å². The van der Waals surface area contributed by atoms with Crippen molar-refractivity contribution in [3.63, 3.8) is 0 Å². The van der Waals surface area contributed by atoms with Crippen LogP contribution in [0.15, 0.2) is 10.1 Å². The van der Waals surface area contributed by atoms with Crippen LogP contribution in [0.3, 0.4) is 0 Å². The van der Waals surface area contributed by atoms with Crippen LogP contribution in [0.5, 0.6) is 0 Å². The van der Waals surface area contributed by atoms with Crippen LogP contribution in [0, 0.1) is 0 Å². The molecule has 1 heterocycles. The molecule has 0 radical (unpaired) electrons. The van der Waals surface area contributed by atoms with Gasteiger partial charge in [-0.2, -0.15) is 0 Å². The summed E-state index contributed by atoms with van der Waals surface area (Å²) in [5.41, 5.74) is 0.989. The average molecular weight is 282 g/mol. The lowest BCUT2D eigenvalue weighted by atomic mass is 10.5. The Balaban J connectivity index is 0.00000169. The number of oxime groups is 1. The maximum Gasteiger partial charge on any atom is 0.157 e. The van der Waals surface area contributed by atoms with Crippen molar-refractivity contribution in [1.29, 1.82) is 0 Å². The molecule has 14 heavy (non-hydrogen) atoms. The lowest BCUT2D eigenvalue weighted by Crippen LogP contribution is -2.16. The number of thioether (sulfide) groups is 1. The van der Waals surface area contributed by atoms with E-state index in [-0.39, 0.29) is 17.0 Å². The molecule has 0 spiro atoms. The van der Waals surface area contributed by atoms with Gasteiger partial charge >= 0.3 is 0 Å². The smallest absolute Gasteiger partial charge is 0.157 e. The molecule has 0 unspecified atom stereocenters. The van der Waals surface area contributed by atoms with Crippen LogP contribution < -0.4 is 5.32 Å². The van der Waals surface area contributed by atoms with Gasteiger partial charge in [-0.25, -0.2) is 0 Å². The quantitative estimate of drug-likeness (QED) is 0.630. The van der Waals surface area contributed by atoms with Crippen molar-refractivity contribution in [2.75, 3.05) is 25.4 Å². The van der Waals surface area contributed by atoms with Crippen molar-refractivity contribution in [3.8, 4) is 0 Å². The van der Waals surface area contributed by atoms with Gasteiger partial charge in [0.15, 0.2) is 5.17 Å². The standard InChI is InChI=1S/C8H15N3OS.BrH/c1-3-12-11-7(2)6-13-8-9-4-5-10-8;/h3-6H2,1-2H3,(H,9,10);1H/b11-7+;. The first kappa shape index (κ1) is 13.8. The molecule has 0 fully saturated rings. The second-order valence-electron chi connectivity index (χ2n) is 2.65. The number of amidine groups is 1. The van der Waals surface area contributed by atoms with Crippen molar-refractivity contribution in [2.24, 2.45) is 10.1 Å². The summed E-state index contributed by atoms with van der Waals surface area (Å²) in [6.07, 6.45) is 0. The molecule has 1 aliphatic rings. The fraction of sp³-hybridized carbons (Fsp3) is 0.750. The molecule has 4 nitrogen and oxygen atoms in total. The maximum absolute atomic E-state index is 4.92. The molecular formula is C8H16BrN3OS. The van der Waals surface area contributed by atoms with Gasteiger partial charge in [0.1, 0.15) is 6.61 Å². The highest BCUT2D eigenvalue weighted by Gasteiger charge is 2.05. The topological polar surface area (TPSA) is 46.0 Å². The van der Waals surface area contributed by atoms with E-state index in [0.29, 0.717) is 6.61 Å². The molecule has 82 valence electrons. The average Bonchev–Trinajstić information content (AvgIpc) is 2.64. The normalized spacial score (nSPS) is 15.6. The Hall–Kier alpha value is -0.230. The Morgan fingerprint density at radius 2 is 2.50 bits per heavy atom. The molecule has 0 saturated heterocycles. The molecule has 0 aliphatic carbocycles. The third kappa shape index (κ3) is 5.49. The number of nitrogens with zero attached hydrogens (tertiary/aromatic N) is 2. The van der Waals surface area contributed by atoms with Crippen LogP contribution in [-0.2, 0) is 4.84 Å². The van der Waals surface area contributed by atoms with E-state index in [1.165, 1.54) is 0 Å². The predicted octanol–water partition coefficient (Wildman–Crippen LogP) is 1.67. The first-order valence-electron chi connectivity index (χ1n) is 4.39. The van der Waals surface area contributed by atoms with Crippen LogP contribution in [0.4, 0.5) is 0 Å². The van der Waals surface area contributed by atoms with Gasteiger partial charge in [0.2, 0.25) is 0 Å². The highest BCUT2D eigenvalue weighted by Crippen LogP contribution is 2.05. The van der Waals surface area contributed by atoms with E-state index in [1.807, 2.05) is 13.8 Å². The summed E-state index contributed by atoms with van der Waals surface area (Å²) in [5, 5.41) is 8.12. The summed E-state index contributed by atoms with van der Waals surface area (Å²) < 4.78 is 0. The molecule has 0 saturated carbocycles. The molecular weight excluding hydrogens is 266 g/mol. The number of rotatable bonds is 4. The first-order chi connectivity index (χ1) is 6.33. The zero-order valence-electron chi connectivity index (χ0n) is 8.45. The largest absolute Gasteiger partial charge is 0.396 e. The lowest BCUT2D eigenvalue weighted by molar-refractivity contribution is 0.158. The summed E-state index contributed by atoms with van der Waals surface area (Å²) in [6, 6.07) is 0. The van der Waals surface area contributed by atoms with E-state index < -0.39 is 0 Å². The van der Waals surface area contributed by atoms with Gasteiger partial charge in [-0.15, -0.1) is 17.0 Å². The third-order valence-electron chi connectivity index (χ3n) is 1.41. The molecule has 0 atom stereocenters. The lowest BCUT2D eigenvalue weighted by Gasteiger charge is -2.01. The van der Waals surface area contributed by atoms with Crippen LogP contribution in [-0.4, -0.2) is 36.3 Å². The SMILES string of the molecule is Br.CCO/N=C(\C)CSC1=NCCN1. The molecule has 0 amide bonds. The van der Waals surface area contributed by atoms with E-state index in [0.717, 1.165) is 29.7 Å². The van der Waals surface area contributed by atoms with Crippen molar-refractivity contribution < 1.29 is 4.84 Å². The van der Waals surface area contributed by atoms with Gasteiger partial charge in [-0.05, 0) is 13.8 Å². The summed E-state index contributed by atoms with van der Waals surface area (Å²) in [4.78, 5) is 9.19. The Morgan fingerprint density at radius 3 is 3.07 bits per heavy atom. The van der Waals surface area contributed by atoms with Crippen molar-refractivity contribution >= 4 is 39.6 Å². The minimum Gasteiger partial charge on any atom is -0.396 e. The monoisotopic (exact) mass is 281 g/mol.